The normalized spacial score (nSPS) is 15.7. The molecule has 1 atom stereocenters. The average molecular weight is 459 g/mol. The molecule has 0 radical (unpaired) electrons. The second kappa shape index (κ2) is 7.93. The smallest absolute Gasteiger partial charge is 0.291 e. The topological polar surface area (TPSA) is 71.3 Å². The molecule has 1 aliphatic rings. The lowest BCUT2D eigenvalue weighted by molar-refractivity contribution is 0.0997. The lowest BCUT2D eigenvalue weighted by atomic mass is 9.88. The summed E-state index contributed by atoms with van der Waals surface area (Å²) < 4.78 is 6.12. The molecule has 0 fully saturated rings. The van der Waals surface area contributed by atoms with Crippen LogP contribution in [0.5, 0.6) is 0 Å². The van der Waals surface area contributed by atoms with Crippen LogP contribution in [0.1, 0.15) is 44.7 Å². The van der Waals surface area contributed by atoms with E-state index in [-0.39, 0.29) is 17.6 Å². The van der Waals surface area contributed by atoms with E-state index in [4.69, 9.17) is 4.42 Å². The van der Waals surface area contributed by atoms with Gasteiger partial charge in [-0.3, -0.25) is 9.59 Å². The Hall–Kier alpha value is -2.38. The Morgan fingerprint density at radius 3 is 2.64 bits per heavy atom. The van der Waals surface area contributed by atoms with E-state index in [0.717, 1.165) is 29.3 Å². The molecule has 0 saturated heterocycles. The maximum Gasteiger partial charge on any atom is 0.291 e. The highest BCUT2D eigenvalue weighted by molar-refractivity contribution is 9.10. The lowest BCUT2D eigenvalue weighted by Crippen LogP contribution is -2.19. The SMILES string of the molecule is C[C@H]1CCc2c(sc(NC(=O)c3ccco3)c2C(=O)Nc2ccc(Br)cc2)C1. The number of rotatable bonds is 4. The molecule has 0 spiro atoms. The van der Waals surface area contributed by atoms with E-state index in [1.54, 1.807) is 12.1 Å². The molecule has 2 aromatic heterocycles. The Bertz CT molecular complexity index is 1010. The van der Waals surface area contributed by atoms with Crippen LogP contribution in [-0.4, -0.2) is 11.8 Å². The summed E-state index contributed by atoms with van der Waals surface area (Å²) in [6.45, 7) is 2.21. The summed E-state index contributed by atoms with van der Waals surface area (Å²) in [5, 5.41) is 6.41. The number of amides is 2. The van der Waals surface area contributed by atoms with Crippen molar-refractivity contribution in [1.29, 1.82) is 0 Å². The van der Waals surface area contributed by atoms with Crippen LogP contribution in [0.2, 0.25) is 0 Å². The number of benzene rings is 1. The molecule has 28 heavy (non-hydrogen) atoms. The number of hydrogen-bond acceptors (Lipinski definition) is 4. The minimum atomic E-state index is -0.352. The zero-order valence-electron chi connectivity index (χ0n) is 15.3. The second-order valence-corrected chi connectivity index (χ2v) is 8.97. The van der Waals surface area contributed by atoms with Crippen LogP contribution in [0.4, 0.5) is 10.7 Å². The maximum atomic E-state index is 13.1. The zero-order valence-corrected chi connectivity index (χ0v) is 17.7. The Labute approximate surface area is 175 Å². The fourth-order valence-corrected chi connectivity index (χ4v) is 5.05. The minimum absolute atomic E-state index is 0.205. The number of hydrogen-bond donors (Lipinski definition) is 2. The Kier molecular flexibility index (Phi) is 5.37. The van der Waals surface area contributed by atoms with E-state index in [1.807, 2.05) is 24.3 Å². The van der Waals surface area contributed by atoms with Crippen molar-refractivity contribution in [3.8, 4) is 0 Å². The molecule has 0 aliphatic heterocycles. The first kappa shape index (κ1) is 19.0. The molecule has 0 saturated carbocycles. The number of carbonyl (C=O) groups excluding carboxylic acids is 2. The van der Waals surface area contributed by atoms with Crippen LogP contribution < -0.4 is 10.6 Å². The van der Waals surface area contributed by atoms with Gasteiger partial charge in [0.2, 0.25) is 0 Å². The Morgan fingerprint density at radius 1 is 1.14 bits per heavy atom. The van der Waals surface area contributed by atoms with E-state index in [2.05, 4.69) is 33.5 Å². The number of thiophene rings is 1. The minimum Gasteiger partial charge on any atom is -0.459 e. The lowest BCUT2D eigenvalue weighted by Gasteiger charge is -2.18. The molecule has 144 valence electrons. The first-order valence-electron chi connectivity index (χ1n) is 9.07. The predicted octanol–water partition coefficient (Wildman–Crippen LogP) is 5.73. The van der Waals surface area contributed by atoms with Gasteiger partial charge in [-0.2, -0.15) is 0 Å². The number of nitrogens with one attached hydrogen (secondary N) is 2. The number of furan rings is 1. The standard InChI is InChI=1S/C21H19BrN2O3S/c1-12-4-9-15-17(11-12)28-21(24-19(25)16-3-2-10-27-16)18(15)20(26)23-14-7-5-13(22)6-8-14/h2-3,5-8,10,12H,4,9,11H2,1H3,(H,23,26)(H,24,25)/t12-/m0/s1. The van der Waals surface area contributed by atoms with Crippen molar-refractivity contribution in [3.05, 3.63) is 68.9 Å². The van der Waals surface area contributed by atoms with Gasteiger partial charge in [0.05, 0.1) is 11.8 Å². The van der Waals surface area contributed by atoms with Gasteiger partial charge in [0.25, 0.3) is 11.8 Å². The molecule has 5 nitrogen and oxygen atoms in total. The van der Waals surface area contributed by atoms with Crippen molar-refractivity contribution < 1.29 is 14.0 Å². The van der Waals surface area contributed by atoms with E-state index in [1.165, 1.54) is 22.5 Å². The predicted molar refractivity (Wildman–Crippen MR) is 114 cm³/mol. The molecule has 1 aliphatic carbocycles. The molecule has 0 unspecified atom stereocenters. The number of fused-ring (bicyclic) bond motifs is 1. The number of halogens is 1. The first-order chi connectivity index (χ1) is 13.5. The molecule has 3 aromatic rings. The van der Waals surface area contributed by atoms with Gasteiger partial charge in [0.1, 0.15) is 5.00 Å². The summed E-state index contributed by atoms with van der Waals surface area (Å²) in [7, 11) is 0. The van der Waals surface area contributed by atoms with Gasteiger partial charge >= 0.3 is 0 Å². The van der Waals surface area contributed by atoms with Crippen LogP contribution in [0.15, 0.2) is 51.6 Å². The summed E-state index contributed by atoms with van der Waals surface area (Å²) in [6, 6.07) is 10.7. The zero-order chi connectivity index (χ0) is 19.7. The Balaban J connectivity index is 1.66. The molecule has 4 rings (SSSR count). The van der Waals surface area contributed by atoms with Gasteiger partial charge in [0, 0.05) is 15.0 Å². The van der Waals surface area contributed by atoms with Crippen LogP contribution >= 0.6 is 27.3 Å². The average Bonchev–Trinajstić information content (AvgIpc) is 3.31. The third-order valence-corrected chi connectivity index (χ3v) is 6.51. The van der Waals surface area contributed by atoms with Crippen molar-refractivity contribution in [1.82, 2.24) is 0 Å². The molecular formula is C21H19BrN2O3S. The molecule has 2 N–H and O–H groups in total. The second-order valence-electron chi connectivity index (χ2n) is 6.95. The van der Waals surface area contributed by atoms with E-state index >= 15 is 0 Å². The molecule has 1 aromatic carbocycles. The summed E-state index contributed by atoms with van der Waals surface area (Å²) in [5.41, 5.74) is 2.32. The summed E-state index contributed by atoms with van der Waals surface area (Å²) in [4.78, 5) is 26.8. The van der Waals surface area contributed by atoms with Crippen molar-refractivity contribution in [2.75, 3.05) is 10.6 Å². The molecule has 2 heterocycles. The maximum absolute atomic E-state index is 13.1. The third kappa shape index (κ3) is 3.91. The van der Waals surface area contributed by atoms with Crippen molar-refractivity contribution in [2.24, 2.45) is 5.92 Å². The first-order valence-corrected chi connectivity index (χ1v) is 10.7. The van der Waals surface area contributed by atoms with Gasteiger partial charge in [-0.15, -0.1) is 11.3 Å². The quantitative estimate of drug-likeness (QED) is 0.523. The number of anilines is 2. The fourth-order valence-electron chi connectivity index (χ4n) is 3.38. The number of carbonyl (C=O) groups is 2. The largest absolute Gasteiger partial charge is 0.459 e. The third-order valence-electron chi connectivity index (χ3n) is 4.81. The van der Waals surface area contributed by atoms with Crippen LogP contribution in [0.3, 0.4) is 0 Å². The molecule has 2 amide bonds. The van der Waals surface area contributed by atoms with Crippen molar-refractivity contribution in [3.63, 3.8) is 0 Å². The van der Waals surface area contributed by atoms with E-state index in [0.29, 0.717) is 22.2 Å². The highest BCUT2D eigenvalue weighted by Crippen LogP contribution is 2.40. The van der Waals surface area contributed by atoms with Crippen molar-refractivity contribution in [2.45, 2.75) is 26.2 Å². The van der Waals surface area contributed by atoms with Gasteiger partial charge in [-0.1, -0.05) is 22.9 Å². The highest BCUT2D eigenvalue weighted by atomic mass is 79.9. The molecular weight excluding hydrogens is 440 g/mol. The van der Waals surface area contributed by atoms with Gasteiger partial charge in [0.15, 0.2) is 5.76 Å². The van der Waals surface area contributed by atoms with Gasteiger partial charge in [-0.25, -0.2) is 0 Å². The summed E-state index contributed by atoms with van der Waals surface area (Å²) in [6.07, 6.45) is 4.26. The Morgan fingerprint density at radius 2 is 1.93 bits per heavy atom. The van der Waals surface area contributed by atoms with E-state index < -0.39 is 0 Å². The van der Waals surface area contributed by atoms with Crippen LogP contribution in [-0.2, 0) is 12.8 Å². The fraction of sp³-hybridized carbons (Fsp3) is 0.238. The van der Waals surface area contributed by atoms with Crippen LogP contribution in [0, 0.1) is 5.92 Å². The van der Waals surface area contributed by atoms with Gasteiger partial charge < -0.3 is 15.1 Å². The molecule has 7 heteroatoms. The summed E-state index contributed by atoms with van der Waals surface area (Å²) >= 11 is 4.89. The highest BCUT2D eigenvalue weighted by Gasteiger charge is 2.29. The van der Waals surface area contributed by atoms with Crippen molar-refractivity contribution >= 4 is 49.8 Å². The van der Waals surface area contributed by atoms with E-state index in [9.17, 15) is 9.59 Å². The monoisotopic (exact) mass is 458 g/mol. The van der Waals surface area contributed by atoms with Gasteiger partial charge in [-0.05, 0) is 67.1 Å². The summed E-state index contributed by atoms with van der Waals surface area (Å²) in [5.74, 6) is 0.236. The molecule has 0 bridgehead atoms. The van der Waals surface area contributed by atoms with Crippen LogP contribution in [0.25, 0.3) is 0 Å².